The van der Waals surface area contributed by atoms with Crippen LogP contribution >= 0.6 is 0 Å². The Morgan fingerprint density at radius 3 is 1.40 bits per heavy atom. The van der Waals surface area contributed by atoms with E-state index in [1.54, 1.807) is 6.92 Å². The van der Waals surface area contributed by atoms with Gasteiger partial charge in [-0.1, -0.05) is 26.7 Å². The van der Waals surface area contributed by atoms with E-state index in [1.165, 1.54) is 13.8 Å². The van der Waals surface area contributed by atoms with Gasteiger partial charge in [0.2, 0.25) is 0 Å². The van der Waals surface area contributed by atoms with Gasteiger partial charge in [-0.05, 0) is 27.2 Å². The fourth-order valence-electron chi connectivity index (χ4n) is 0.529. The lowest BCUT2D eigenvalue weighted by Gasteiger charge is -2.12. The molecule has 0 aromatic rings. The minimum atomic E-state index is -3.41. The molecule has 0 fully saturated rings. The van der Waals surface area contributed by atoms with Crippen LogP contribution in [-0.4, -0.2) is 51.1 Å². The predicted molar refractivity (Wildman–Crippen MR) is 88.8 cm³/mol. The third kappa shape index (κ3) is 23.9. The molecule has 0 heterocycles. The lowest BCUT2D eigenvalue weighted by Crippen LogP contribution is -2.34. The number of aliphatic carboxylic acids is 1. The zero-order valence-electron chi connectivity index (χ0n) is 14.9. The summed E-state index contributed by atoms with van der Waals surface area (Å²) < 4.78 is 8.34. The molecule has 9 nitrogen and oxygen atoms in total. The van der Waals surface area contributed by atoms with Crippen molar-refractivity contribution in [1.82, 2.24) is 0 Å². The second-order valence-corrected chi connectivity index (χ2v) is 4.75. The Hall–Kier alpha value is -2.49. The first-order chi connectivity index (χ1) is 11.2. The third-order valence-corrected chi connectivity index (χ3v) is 1.73. The number of hydrogen-bond donors (Lipinski definition) is 4. The third-order valence-electron chi connectivity index (χ3n) is 1.73. The Kier molecular flexibility index (Phi) is 15.2. The number of carboxylic acids is 1. The lowest BCUT2D eigenvalue weighted by atomic mass is 10.4. The summed E-state index contributed by atoms with van der Waals surface area (Å²) in [4.78, 5) is 30.5. The van der Waals surface area contributed by atoms with Gasteiger partial charge in [-0.25, -0.2) is 14.4 Å². The molecule has 0 aromatic heterocycles. The SMILES string of the molecule is C=C(C)C(=O)O.C=C(C)C(=O)OC(O)(O)O.C=C(C)C(=O)OCCC. The van der Waals surface area contributed by atoms with E-state index in [0.717, 1.165) is 6.42 Å². The first kappa shape index (κ1) is 27.4. The van der Waals surface area contributed by atoms with E-state index in [9.17, 15) is 14.4 Å². The molecule has 0 rings (SSSR count). The summed E-state index contributed by atoms with van der Waals surface area (Å²) in [5.74, 6) is -2.31. The second-order valence-electron chi connectivity index (χ2n) is 4.75. The van der Waals surface area contributed by atoms with E-state index in [4.69, 9.17) is 25.2 Å². The Morgan fingerprint density at radius 1 is 0.880 bits per heavy atom. The average molecular weight is 362 g/mol. The molecule has 0 atom stereocenters. The highest BCUT2D eigenvalue weighted by molar-refractivity contribution is 5.87. The van der Waals surface area contributed by atoms with E-state index in [1.807, 2.05) is 6.92 Å². The molecule has 0 spiro atoms. The monoisotopic (exact) mass is 362 g/mol. The first-order valence-corrected chi connectivity index (χ1v) is 6.93. The van der Waals surface area contributed by atoms with Gasteiger partial charge < -0.3 is 29.9 Å². The number of rotatable bonds is 6. The Morgan fingerprint density at radius 2 is 1.24 bits per heavy atom. The van der Waals surface area contributed by atoms with Crippen LogP contribution in [0.2, 0.25) is 0 Å². The van der Waals surface area contributed by atoms with Crippen LogP contribution < -0.4 is 0 Å². The normalized spacial score (nSPS) is 9.24. The van der Waals surface area contributed by atoms with Gasteiger partial charge in [-0.2, -0.15) is 0 Å². The van der Waals surface area contributed by atoms with Gasteiger partial charge in [-0.3, -0.25) is 0 Å². The molecule has 0 saturated carbocycles. The topological polar surface area (TPSA) is 151 Å². The van der Waals surface area contributed by atoms with Crippen molar-refractivity contribution < 1.29 is 44.3 Å². The molecule has 0 aromatic carbocycles. The maximum absolute atomic E-state index is 10.6. The number of hydrogen-bond acceptors (Lipinski definition) is 8. The summed E-state index contributed by atoms with van der Waals surface area (Å²) in [7, 11) is 0. The number of carbonyl (C=O) groups excluding carboxylic acids is 2. The fourth-order valence-corrected chi connectivity index (χ4v) is 0.529. The maximum atomic E-state index is 10.6. The summed E-state index contributed by atoms with van der Waals surface area (Å²) in [6.45, 7) is 16.5. The summed E-state index contributed by atoms with van der Waals surface area (Å²) in [6.07, 6.45) is -2.55. The van der Waals surface area contributed by atoms with Crippen LogP contribution in [0, 0.1) is 0 Å². The minimum Gasteiger partial charge on any atom is -0.478 e. The van der Waals surface area contributed by atoms with Crippen molar-refractivity contribution in [2.45, 2.75) is 40.3 Å². The van der Waals surface area contributed by atoms with Gasteiger partial charge in [-0.15, -0.1) is 0 Å². The summed E-state index contributed by atoms with van der Waals surface area (Å²) in [6, 6.07) is 0. The molecule has 0 amide bonds. The van der Waals surface area contributed by atoms with Crippen LogP contribution in [-0.2, 0) is 23.9 Å². The molecule has 0 bridgehead atoms. The number of aliphatic hydroxyl groups is 3. The maximum Gasteiger partial charge on any atom is 0.455 e. The molecule has 9 heteroatoms. The standard InChI is InChI=1S/C7H12O2.C5H8O5.C4H6O2/c1-4-5-9-7(8)6(2)3;1-3(2)4(6)10-5(7,8)9;1-3(2)4(5)6/h2,4-5H2,1,3H3;7-9H,1H2,2H3;1H2,2H3,(H,5,6). The van der Waals surface area contributed by atoms with E-state index in [0.29, 0.717) is 12.2 Å². The molecule has 0 saturated heterocycles. The van der Waals surface area contributed by atoms with Gasteiger partial charge in [0.25, 0.3) is 0 Å². The zero-order chi connectivity index (χ0) is 20.8. The van der Waals surface area contributed by atoms with Crippen LogP contribution in [0.1, 0.15) is 34.1 Å². The van der Waals surface area contributed by atoms with Gasteiger partial charge >= 0.3 is 24.1 Å². The van der Waals surface area contributed by atoms with Gasteiger partial charge in [0.1, 0.15) is 0 Å². The highest BCUT2D eigenvalue weighted by Crippen LogP contribution is 2.00. The van der Waals surface area contributed by atoms with Crippen LogP contribution in [0.15, 0.2) is 36.5 Å². The Labute approximate surface area is 146 Å². The minimum absolute atomic E-state index is 0.0403. The van der Waals surface area contributed by atoms with Crippen LogP contribution in [0.5, 0.6) is 0 Å². The fraction of sp³-hybridized carbons (Fsp3) is 0.438. The summed E-state index contributed by atoms with van der Waals surface area (Å²) in [5.41, 5.74) is 0.597. The highest BCUT2D eigenvalue weighted by Gasteiger charge is 2.24. The van der Waals surface area contributed by atoms with Gasteiger partial charge in [0.15, 0.2) is 0 Å². The molecule has 0 radical (unpaired) electrons. The highest BCUT2D eigenvalue weighted by atomic mass is 16.9. The zero-order valence-corrected chi connectivity index (χ0v) is 14.9. The molecular weight excluding hydrogens is 336 g/mol. The first-order valence-electron chi connectivity index (χ1n) is 6.93. The summed E-state index contributed by atoms with van der Waals surface area (Å²) in [5, 5.41) is 32.1. The quantitative estimate of drug-likeness (QED) is 0.306. The largest absolute Gasteiger partial charge is 0.478 e. The molecule has 144 valence electrons. The molecule has 0 aliphatic carbocycles. The number of carbonyl (C=O) groups is 3. The van der Waals surface area contributed by atoms with Crippen molar-refractivity contribution in [3.63, 3.8) is 0 Å². The Balaban J connectivity index is -0.000000300. The predicted octanol–water partition coefficient (Wildman–Crippen LogP) is 0.857. The molecule has 0 aliphatic rings. The van der Waals surface area contributed by atoms with Crippen molar-refractivity contribution in [2.24, 2.45) is 0 Å². The van der Waals surface area contributed by atoms with Gasteiger partial charge in [0, 0.05) is 16.7 Å². The van der Waals surface area contributed by atoms with E-state index in [2.05, 4.69) is 24.5 Å². The van der Waals surface area contributed by atoms with Crippen LogP contribution in [0.3, 0.4) is 0 Å². The molecule has 4 N–H and O–H groups in total. The average Bonchev–Trinajstić information content (AvgIpc) is 2.43. The molecule has 0 unspecified atom stereocenters. The molecule has 0 aliphatic heterocycles. The molecule has 25 heavy (non-hydrogen) atoms. The smallest absolute Gasteiger partial charge is 0.455 e. The lowest BCUT2D eigenvalue weighted by molar-refractivity contribution is -0.434. The number of esters is 2. The van der Waals surface area contributed by atoms with Crippen LogP contribution in [0.25, 0.3) is 0 Å². The van der Waals surface area contributed by atoms with Crippen molar-refractivity contribution in [3.05, 3.63) is 36.5 Å². The molecular formula is C16H26O9. The van der Waals surface area contributed by atoms with Crippen molar-refractivity contribution >= 4 is 17.9 Å². The van der Waals surface area contributed by atoms with Crippen molar-refractivity contribution in [1.29, 1.82) is 0 Å². The van der Waals surface area contributed by atoms with E-state index in [-0.39, 0.29) is 17.1 Å². The number of carboxylic acid groups (broad SMARTS) is 1. The van der Waals surface area contributed by atoms with E-state index < -0.39 is 18.1 Å². The van der Waals surface area contributed by atoms with Crippen molar-refractivity contribution in [2.75, 3.05) is 6.61 Å². The number of ether oxygens (including phenoxy) is 2. The Bertz CT molecular complexity index is 486. The summed E-state index contributed by atoms with van der Waals surface area (Å²) >= 11 is 0. The van der Waals surface area contributed by atoms with Crippen LogP contribution in [0.4, 0.5) is 0 Å². The van der Waals surface area contributed by atoms with E-state index >= 15 is 0 Å². The van der Waals surface area contributed by atoms with Crippen molar-refractivity contribution in [3.8, 4) is 0 Å². The second kappa shape index (κ2) is 13.9. The van der Waals surface area contributed by atoms with Gasteiger partial charge in [0.05, 0.1) is 6.61 Å².